The molecule has 0 saturated carbocycles. The molecule has 1 saturated heterocycles. The highest BCUT2D eigenvalue weighted by Crippen LogP contribution is 2.23. The first-order chi connectivity index (χ1) is 9.15. The van der Waals surface area contributed by atoms with Gasteiger partial charge in [-0.15, -0.1) is 0 Å². The van der Waals surface area contributed by atoms with Crippen LogP contribution in [-0.2, 0) is 0 Å². The van der Waals surface area contributed by atoms with E-state index in [-0.39, 0.29) is 5.78 Å². The van der Waals surface area contributed by atoms with Gasteiger partial charge in [-0.2, -0.15) is 0 Å². The number of fused-ring (bicyclic) bond motifs is 1. The molecule has 98 valence electrons. The molecular formula is C15H17N3O. The largest absolute Gasteiger partial charge is 0.355 e. The molecule has 1 aliphatic heterocycles. The normalized spacial score (nSPS) is 15.2. The second-order valence-electron chi connectivity index (χ2n) is 5.16. The van der Waals surface area contributed by atoms with Gasteiger partial charge in [-0.05, 0) is 44.4 Å². The summed E-state index contributed by atoms with van der Waals surface area (Å²) in [5, 5.41) is 0. The Kier molecular flexibility index (Phi) is 2.93. The van der Waals surface area contributed by atoms with Crippen molar-refractivity contribution in [1.82, 2.24) is 9.97 Å². The number of nitrogens with zero attached hydrogens (tertiary/aromatic N) is 3. The first-order valence-electron chi connectivity index (χ1n) is 6.68. The minimum Gasteiger partial charge on any atom is -0.355 e. The summed E-state index contributed by atoms with van der Waals surface area (Å²) in [6.07, 6.45) is 4.22. The summed E-state index contributed by atoms with van der Waals surface area (Å²) in [4.78, 5) is 23.1. The van der Waals surface area contributed by atoms with Crippen molar-refractivity contribution in [3.8, 4) is 0 Å². The summed E-state index contributed by atoms with van der Waals surface area (Å²) in [7, 11) is 0. The number of aromatic nitrogens is 2. The first kappa shape index (κ1) is 12.1. The summed E-state index contributed by atoms with van der Waals surface area (Å²) < 4.78 is 0. The van der Waals surface area contributed by atoms with Gasteiger partial charge >= 0.3 is 0 Å². The number of rotatable bonds is 2. The van der Waals surface area contributed by atoms with Crippen molar-refractivity contribution in [3.05, 3.63) is 29.5 Å². The van der Waals surface area contributed by atoms with E-state index in [1.54, 1.807) is 13.1 Å². The van der Waals surface area contributed by atoms with Gasteiger partial charge in [0.25, 0.3) is 0 Å². The van der Waals surface area contributed by atoms with E-state index in [0.717, 1.165) is 30.0 Å². The monoisotopic (exact) mass is 255 g/mol. The molecule has 4 heteroatoms. The average Bonchev–Trinajstić information content (AvgIpc) is 2.90. The van der Waals surface area contributed by atoms with E-state index in [0.29, 0.717) is 11.1 Å². The summed E-state index contributed by atoms with van der Waals surface area (Å²) in [6, 6.07) is 3.88. The van der Waals surface area contributed by atoms with Crippen LogP contribution in [0, 0.1) is 6.92 Å². The zero-order valence-corrected chi connectivity index (χ0v) is 11.3. The molecule has 1 aromatic heterocycles. The molecule has 0 atom stereocenters. The van der Waals surface area contributed by atoms with Crippen molar-refractivity contribution in [2.24, 2.45) is 0 Å². The second kappa shape index (κ2) is 4.61. The summed E-state index contributed by atoms with van der Waals surface area (Å²) >= 11 is 0. The second-order valence-corrected chi connectivity index (χ2v) is 5.16. The van der Waals surface area contributed by atoms with E-state index in [1.165, 1.54) is 12.8 Å². The number of anilines is 1. The van der Waals surface area contributed by atoms with E-state index in [2.05, 4.69) is 14.9 Å². The molecule has 1 fully saturated rings. The number of ketones is 1. The summed E-state index contributed by atoms with van der Waals surface area (Å²) in [5.41, 5.74) is 3.23. The van der Waals surface area contributed by atoms with Gasteiger partial charge in [0.2, 0.25) is 0 Å². The fourth-order valence-electron chi connectivity index (χ4n) is 2.62. The molecule has 0 bridgehead atoms. The number of Topliss-reactive ketones (excluding diaryl/α,β-unsaturated/α-hetero) is 1. The Balaban J connectivity index is 2.15. The van der Waals surface area contributed by atoms with Crippen LogP contribution in [-0.4, -0.2) is 28.8 Å². The average molecular weight is 255 g/mol. The fourth-order valence-corrected chi connectivity index (χ4v) is 2.62. The van der Waals surface area contributed by atoms with Gasteiger partial charge < -0.3 is 4.90 Å². The van der Waals surface area contributed by atoms with Gasteiger partial charge in [0.1, 0.15) is 5.82 Å². The Bertz CT molecular complexity index is 645. The third-order valence-electron chi connectivity index (χ3n) is 3.59. The Labute approximate surface area is 112 Å². The van der Waals surface area contributed by atoms with Crippen molar-refractivity contribution in [2.45, 2.75) is 26.7 Å². The quantitative estimate of drug-likeness (QED) is 0.774. The predicted molar refractivity (Wildman–Crippen MR) is 75.7 cm³/mol. The lowest BCUT2D eigenvalue weighted by Crippen LogP contribution is -2.19. The number of carbonyl (C=O) groups is 1. The van der Waals surface area contributed by atoms with E-state index in [4.69, 9.17) is 0 Å². The zero-order chi connectivity index (χ0) is 13.4. The van der Waals surface area contributed by atoms with Crippen molar-refractivity contribution < 1.29 is 4.79 Å². The van der Waals surface area contributed by atoms with E-state index < -0.39 is 0 Å². The number of carbonyl (C=O) groups excluding carboxylic acids is 1. The van der Waals surface area contributed by atoms with Crippen LogP contribution in [0.5, 0.6) is 0 Å². The van der Waals surface area contributed by atoms with Gasteiger partial charge in [-0.1, -0.05) is 0 Å². The number of hydrogen-bond acceptors (Lipinski definition) is 4. The fraction of sp³-hybridized carbons (Fsp3) is 0.400. The highest BCUT2D eigenvalue weighted by Gasteiger charge is 2.16. The highest BCUT2D eigenvalue weighted by atomic mass is 16.1. The number of aryl methyl sites for hydroxylation is 1. The van der Waals surface area contributed by atoms with Crippen LogP contribution in [0.3, 0.4) is 0 Å². The lowest BCUT2D eigenvalue weighted by atomic mass is 10.1. The maximum atomic E-state index is 11.7. The highest BCUT2D eigenvalue weighted by molar-refractivity contribution is 6.05. The lowest BCUT2D eigenvalue weighted by molar-refractivity contribution is 0.101. The molecule has 0 N–H and O–H groups in total. The van der Waals surface area contributed by atoms with Crippen LogP contribution in [0.4, 0.5) is 5.82 Å². The molecule has 3 rings (SSSR count). The molecule has 1 aromatic carbocycles. The predicted octanol–water partition coefficient (Wildman–Crippen LogP) is 2.74. The molecule has 0 aliphatic carbocycles. The molecule has 0 amide bonds. The first-order valence-corrected chi connectivity index (χ1v) is 6.68. The molecule has 19 heavy (non-hydrogen) atoms. The molecule has 0 radical (unpaired) electrons. The van der Waals surface area contributed by atoms with Crippen LogP contribution in [0.15, 0.2) is 18.3 Å². The van der Waals surface area contributed by atoms with E-state index in [1.807, 2.05) is 19.1 Å². The minimum absolute atomic E-state index is 0.0388. The molecular weight excluding hydrogens is 238 g/mol. The van der Waals surface area contributed by atoms with Gasteiger partial charge in [0.15, 0.2) is 5.78 Å². The maximum Gasteiger partial charge on any atom is 0.162 e. The standard InChI is InChI=1S/C15H17N3O/c1-10-7-12(11(2)19)15-13(8-10)17-14(9-16-15)18-5-3-4-6-18/h7-9H,3-6H2,1-2H3. The van der Waals surface area contributed by atoms with Crippen LogP contribution in [0.1, 0.15) is 35.7 Å². The Morgan fingerprint density at radius 2 is 2.00 bits per heavy atom. The van der Waals surface area contributed by atoms with Crippen molar-refractivity contribution >= 4 is 22.6 Å². The van der Waals surface area contributed by atoms with Crippen molar-refractivity contribution in [2.75, 3.05) is 18.0 Å². The number of hydrogen-bond donors (Lipinski definition) is 0. The molecule has 4 nitrogen and oxygen atoms in total. The lowest BCUT2D eigenvalue weighted by Gasteiger charge is -2.16. The maximum absolute atomic E-state index is 11.7. The van der Waals surface area contributed by atoms with Crippen LogP contribution in [0.25, 0.3) is 11.0 Å². The smallest absolute Gasteiger partial charge is 0.162 e. The Morgan fingerprint density at radius 3 is 2.68 bits per heavy atom. The molecule has 2 heterocycles. The van der Waals surface area contributed by atoms with Gasteiger partial charge in [0.05, 0.1) is 17.2 Å². The Morgan fingerprint density at radius 1 is 1.26 bits per heavy atom. The van der Waals surface area contributed by atoms with Gasteiger partial charge in [-0.25, -0.2) is 9.97 Å². The minimum atomic E-state index is 0.0388. The zero-order valence-electron chi connectivity index (χ0n) is 11.3. The van der Waals surface area contributed by atoms with Gasteiger partial charge in [-0.3, -0.25) is 4.79 Å². The summed E-state index contributed by atoms with van der Waals surface area (Å²) in [5.74, 6) is 0.960. The van der Waals surface area contributed by atoms with Crippen molar-refractivity contribution in [1.29, 1.82) is 0 Å². The van der Waals surface area contributed by atoms with Crippen molar-refractivity contribution in [3.63, 3.8) is 0 Å². The third kappa shape index (κ3) is 2.18. The molecule has 0 spiro atoms. The van der Waals surface area contributed by atoms with E-state index >= 15 is 0 Å². The van der Waals surface area contributed by atoms with E-state index in [9.17, 15) is 4.79 Å². The summed E-state index contributed by atoms with van der Waals surface area (Å²) in [6.45, 7) is 5.65. The topological polar surface area (TPSA) is 46.1 Å². The SMILES string of the molecule is CC(=O)c1cc(C)cc2nc(N3CCCC3)cnc12. The molecule has 0 unspecified atom stereocenters. The van der Waals surface area contributed by atoms with Crippen LogP contribution < -0.4 is 4.90 Å². The molecule has 2 aromatic rings. The molecule has 1 aliphatic rings. The Hall–Kier alpha value is -1.97. The number of benzene rings is 1. The third-order valence-corrected chi connectivity index (χ3v) is 3.59. The van der Waals surface area contributed by atoms with Crippen LogP contribution >= 0.6 is 0 Å². The van der Waals surface area contributed by atoms with Crippen LogP contribution in [0.2, 0.25) is 0 Å². The van der Waals surface area contributed by atoms with Gasteiger partial charge in [0, 0.05) is 18.7 Å².